The number of hydrogen-bond donors (Lipinski definition) is 3. The second-order valence-electron chi connectivity index (χ2n) is 5.51. The number of urea groups is 1. The molecule has 1 aromatic heterocycles. The van der Waals surface area contributed by atoms with Crippen molar-refractivity contribution < 1.29 is 19.1 Å². The van der Waals surface area contributed by atoms with E-state index in [1.54, 1.807) is 18.2 Å². The lowest BCUT2D eigenvalue weighted by molar-refractivity contribution is 0.149. The highest BCUT2D eigenvalue weighted by atomic mass is 16.5. The number of nitrogens with one attached hydrogen (secondary N) is 2. The summed E-state index contributed by atoms with van der Waals surface area (Å²) in [6.45, 7) is 5.90. The number of carbonyl (C=O) groups excluding carboxylic acids is 1. The topological polar surface area (TPSA) is 83.7 Å². The summed E-state index contributed by atoms with van der Waals surface area (Å²) in [6, 6.07) is 8.37. The highest BCUT2D eigenvalue weighted by Gasteiger charge is 2.12. The van der Waals surface area contributed by atoms with Crippen LogP contribution in [0.15, 0.2) is 41.0 Å². The molecule has 2 rings (SSSR count). The fourth-order valence-electron chi connectivity index (χ4n) is 2.06. The zero-order valence-corrected chi connectivity index (χ0v) is 13.5. The SMILES string of the molecule is Cc1cc(NC(=O)NCC(O)c2ccco2)ccc1OC(C)C. The molecule has 6 heteroatoms. The van der Waals surface area contributed by atoms with Gasteiger partial charge in [0.15, 0.2) is 0 Å². The monoisotopic (exact) mass is 318 g/mol. The Morgan fingerprint density at radius 1 is 1.35 bits per heavy atom. The number of ether oxygens (including phenoxy) is 1. The number of furan rings is 1. The number of amides is 2. The molecule has 0 saturated carbocycles. The molecule has 0 saturated heterocycles. The fourth-order valence-corrected chi connectivity index (χ4v) is 2.06. The molecule has 0 fully saturated rings. The molecule has 1 atom stereocenters. The first-order valence-corrected chi connectivity index (χ1v) is 7.49. The molecule has 0 radical (unpaired) electrons. The Morgan fingerprint density at radius 3 is 2.74 bits per heavy atom. The summed E-state index contributed by atoms with van der Waals surface area (Å²) in [7, 11) is 0. The molecule has 1 heterocycles. The van der Waals surface area contributed by atoms with Gasteiger partial charge in [-0.1, -0.05) is 0 Å². The van der Waals surface area contributed by atoms with Gasteiger partial charge in [-0.3, -0.25) is 0 Å². The van der Waals surface area contributed by atoms with E-state index in [-0.39, 0.29) is 12.6 Å². The van der Waals surface area contributed by atoms with Gasteiger partial charge in [0, 0.05) is 5.69 Å². The summed E-state index contributed by atoms with van der Waals surface area (Å²) in [6.07, 6.45) is 0.695. The average molecular weight is 318 g/mol. The Bertz CT molecular complexity index is 638. The fraction of sp³-hybridized carbons (Fsp3) is 0.353. The van der Waals surface area contributed by atoms with E-state index in [4.69, 9.17) is 9.15 Å². The van der Waals surface area contributed by atoms with Gasteiger partial charge in [-0.25, -0.2) is 4.79 Å². The number of aliphatic hydroxyl groups is 1. The number of anilines is 1. The summed E-state index contributed by atoms with van der Waals surface area (Å²) in [5.74, 6) is 1.20. The standard InChI is InChI=1S/C17H22N2O4/c1-11(2)23-15-7-6-13(9-12(15)3)19-17(21)18-10-14(20)16-5-4-8-22-16/h4-9,11,14,20H,10H2,1-3H3,(H2,18,19,21). The van der Waals surface area contributed by atoms with Gasteiger partial charge in [-0.2, -0.15) is 0 Å². The van der Waals surface area contributed by atoms with E-state index >= 15 is 0 Å². The van der Waals surface area contributed by atoms with Crippen LogP contribution in [0.25, 0.3) is 0 Å². The van der Waals surface area contributed by atoms with Crippen LogP contribution in [0.4, 0.5) is 10.5 Å². The third-order valence-electron chi connectivity index (χ3n) is 3.12. The molecule has 1 aromatic carbocycles. The molecule has 3 N–H and O–H groups in total. The third-order valence-corrected chi connectivity index (χ3v) is 3.12. The predicted molar refractivity (Wildman–Crippen MR) is 87.6 cm³/mol. The molecule has 124 valence electrons. The summed E-state index contributed by atoms with van der Waals surface area (Å²) in [5.41, 5.74) is 1.59. The lowest BCUT2D eigenvalue weighted by Crippen LogP contribution is -2.32. The van der Waals surface area contributed by atoms with Crippen molar-refractivity contribution in [3.05, 3.63) is 47.9 Å². The first-order chi connectivity index (χ1) is 11.0. The number of aliphatic hydroxyl groups excluding tert-OH is 1. The van der Waals surface area contributed by atoms with Crippen molar-refractivity contribution in [3.63, 3.8) is 0 Å². The quantitative estimate of drug-likeness (QED) is 0.763. The summed E-state index contributed by atoms with van der Waals surface area (Å²) in [4.78, 5) is 11.9. The second-order valence-corrected chi connectivity index (χ2v) is 5.51. The summed E-state index contributed by atoms with van der Waals surface area (Å²) in [5, 5.41) is 15.1. The largest absolute Gasteiger partial charge is 0.491 e. The van der Waals surface area contributed by atoms with Gasteiger partial charge in [-0.05, 0) is 56.7 Å². The zero-order chi connectivity index (χ0) is 16.8. The lowest BCUT2D eigenvalue weighted by atomic mass is 10.2. The van der Waals surface area contributed by atoms with Crippen molar-refractivity contribution in [3.8, 4) is 5.75 Å². The number of rotatable bonds is 6. The maximum absolute atomic E-state index is 11.9. The van der Waals surface area contributed by atoms with Crippen LogP contribution in [-0.2, 0) is 0 Å². The van der Waals surface area contributed by atoms with Gasteiger partial charge in [0.25, 0.3) is 0 Å². The zero-order valence-electron chi connectivity index (χ0n) is 13.5. The van der Waals surface area contributed by atoms with E-state index in [1.165, 1.54) is 6.26 Å². The third kappa shape index (κ3) is 5.03. The van der Waals surface area contributed by atoms with Crippen LogP contribution in [0.1, 0.15) is 31.3 Å². The van der Waals surface area contributed by atoms with Crippen LogP contribution in [-0.4, -0.2) is 23.8 Å². The Balaban J connectivity index is 1.86. The van der Waals surface area contributed by atoms with Crippen LogP contribution in [0, 0.1) is 6.92 Å². The molecular formula is C17H22N2O4. The maximum Gasteiger partial charge on any atom is 0.319 e. The molecule has 2 aromatic rings. The van der Waals surface area contributed by atoms with Crippen molar-refractivity contribution >= 4 is 11.7 Å². The smallest absolute Gasteiger partial charge is 0.319 e. The highest BCUT2D eigenvalue weighted by molar-refractivity contribution is 5.89. The summed E-state index contributed by atoms with van der Waals surface area (Å²) >= 11 is 0. The summed E-state index contributed by atoms with van der Waals surface area (Å²) < 4.78 is 10.7. The Morgan fingerprint density at radius 2 is 2.13 bits per heavy atom. The molecule has 1 unspecified atom stereocenters. The van der Waals surface area contributed by atoms with Gasteiger partial charge in [0.2, 0.25) is 0 Å². The van der Waals surface area contributed by atoms with E-state index in [2.05, 4.69) is 10.6 Å². The first-order valence-electron chi connectivity index (χ1n) is 7.49. The van der Waals surface area contributed by atoms with E-state index in [9.17, 15) is 9.90 Å². The minimum absolute atomic E-state index is 0.0624. The van der Waals surface area contributed by atoms with Crippen LogP contribution < -0.4 is 15.4 Å². The minimum Gasteiger partial charge on any atom is -0.491 e. The normalized spacial score (nSPS) is 12.0. The van der Waals surface area contributed by atoms with Crippen molar-refractivity contribution in [1.29, 1.82) is 0 Å². The van der Waals surface area contributed by atoms with Crippen molar-refractivity contribution in [2.24, 2.45) is 0 Å². The van der Waals surface area contributed by atoms with Gasteiger partial charge in [-0.15, -0.1) is 0 Å². The van der Waals surface area contributed by atoms with Crippen molar-refractivity contribution in [2.45, 2.75) is 33.0 Å². The molecule has 0 spiro atoms. The van der Waals surface area contributed by atoms with Crippen molar-refractivity contribution in [1.82, 2.24) is 5.32 Å². The molecule has 6 nitrogen and oxygen atoms in total. The van der Waals surface area contributed by atoms with Crippen LogP contribution in [0.3, 0.4) is 0 Å². The number of carbonyl (C=O) groups is 1. The van der Waals surface area contributed by atoms with E-state index in [0.29, 0.717) is 11.4 Å². The Kier molecular flexibility index (Phi) is 5.65. The van der Waals surface area contributed by atoms with Crippen LogP contribution in [0.2, 0.25) is 0 Å². The Hall–Kier alpha value is -2.47. The van der Waals surface area contributed by atoms with Crippen molar-refractivity contribution in [2.75, 3.05) is 11.9 Å². The average Bonchev–Trinajstić information content (AvgIpc) is 3.01. The molecular weight excluding hydrogens is 296 g/mol. The molecule has 0 bridgehead atoms. The second kappa shape index (κ2) is 7.69. The maximum atomic E-state index is 11.9. The highest BCUT2D eigenvalue weighted by Crippen LogP contribution is 2.23. The molecule has 0 aliphatic carbocycles. The van der Waals surface area contributed by atoms with Gasteiger partial charge in [0.05, 0.1) is 18.9 Å². The van der Waals surface area contributed by atoms with Gasteiger partial charge >= 0.3 is 6.03 Å². The van der Waals surface area contributed by atoms with E-state index in [1.807, 2.05) is 32.9 Å². The van der Waals surface area contributed by atoms with E-state index in [0.717, 1.165) is 11.3 Å². The predicted octanol–water partition coefficient (Wildman–Crippen LogP) is 3.23. The van der Waals surface area contributed by atoms with Gasteiger partial charge in [0.1, 0.15) is 17.6 Å². The number of benzene rings is 1. The van der Waals surface area contributed by atoms with E-state index < -0.39 is 12.1 Å². The van der Waals surface area contributed by atoms with Crippen LogP contribution >= 0.6 is 0 Å². The Labute approximate surface area is 135 Å². The molecule has 0 aliphatic heterocycles. The first kappa shape index (κ1) is 16.9. The number of aryl methyl sites for hydroxylation is 1. The lowest BCUT2D eigenvalue weighted by Gasteiger charge is -2.14. The minimum atomic E-state index is -0.876. The van der Waals surface area contributed by atoms with Gasteiger partial charge < -0.3 is 24.9 Å². The molecule has 2 amide bonds. The molecule has 0 aliphatic rings. The molecule has 23 heavy (non-hydrogen) atoms. The number of hydrogen-bond acceptors (Lipinski definition) is 4. The van der Waals surface area contributed by atoms with Crippen LogP contribution in [0.5, 0.6) is 5.75 Å².